The number of hydrogen-bond acceptors (Lipinski definition) is 6. The molecule has 0 fully saturated rings. The Bertz CT molecular complexity index is 1200. The molecule has 192 valence electrons. The predicted molar refractivity (Wildman–Crippen MR) is 149 cm³/mol. The van der Waals surface area contributed by atoms with Crippen LogP contribution in [0, 0.1) is 13.8 Å². The highest BCUT2D eigenvalue weighted by Crippen LogP contribution is 2.37. The molecule has 1 aliphatic rings. The van der Waals surface area contributed by atoms with Crippen LogP contribution in [0.3, 0.4) is 0 Å². The maximum Gasteiger partial charge on any atom is 0.273 e. The van der Waals surface area contributed by atoms with E-state index in [4.69, 9.17) is 10.5 Å². The maximum atomic E-state index is 13.6. The smallest absolute Gasteiger partial charge is 0.273 e. The van der Waals surface area contributed by atoms with Crippen molar-refractivity contribution in [1.29, 1.82) is 0 Å². The molecule has 3 N–H and O–H groups in total. The minimum Gasteiger partial charge on any atom is -0.593 e. The van der Waals surface area contributed by atoms with Crippen molar-refractivity contribution in [2.45, 2.75) is 70.9 Å². The second kappa shape index (κ2) is 11.5. The largest absolute Gasteiger partial charge is 0.593 e. The molecule has 2 aromatic carbocycles. The molecule has 0 aliphatic carbocycles. The van der Waals surface area contributed by atoms with E-state index in [1.165, 1.54) is 22.3 Å². The lowest BCUT2D eigenvalue weighted by Gasteiger charge is -2.25. The molecule has 3 aromatic rings. The Morgan fingerprint density at radius 1 is 1.19 bits per heavy atom. The van der Waals surface area contributed by atoms with E-state index in [0.29, 0.717) is 23.9 Å². The van der Waals surface area contributed by atoms with Crippen molar-refractivity contribution in [2.24, 2.45) is 0 Å². The number of ether oxygens (including phenoxy) is 1. The standard InChI is InChI=1S/C29H38N4O2S/c1-6-23-18-33(36(34)27-10-9-15-32-29(27)35-23)17-22-16-21(12-11-19(22)4)24(7-2)25-13-14-26(31-8-3)28(30)20(25)5/h9-16,23-24,31H,6-8,17-18,30H2,1-5H3/t23-,24?,36?/m1/s1. The summed E-state index contributed by atoms with van der Waals surface area (Å²) < 4.78 is 21.7. The topological polar surface area (TPSA) is 86.5 Å². The van der Waals surface area contributed by atoms with E-state index in [2.05, 4.69) is 75.3 Å². The molecule has 2 heterocycles. The van der Waals surface area contributed by atoms with E-state index >= 15 is 0 Å². The number of nitrogens with one attached hydrogen (secondary N) is 1. The number of nitrogens with zero attached hydrogens (tertiary/aromatic N) is 2. The van der Waals surface area contributed by atoms with E-state index in [-0.39, 0.29) is 12.0 Å². The van der Waals surface area contributed by atoms with Gasteiger partial charge in [0.2, 0.25) is 4.90 Å². The first kappa shape index (κ1) is 26.3. The minimum absolute atomic E-state index is 0.0575. The van der Waals surface area contributed by atoms with Crippen molar-refractivity contribution in [1.82, 2.24) is 9.29 Å². The summed E-state index contributed by atoms with van der Waals surface area (Å²) in [6, 6.07) is 14.7. The van der Waals surface area contributed by atoms with Crippen molar-refractivity contribution < 1.29 is 9.29 Å². The fraction of sp³-hybridized carbons (Fsp3) is 0.414. The highest BCUT2D eigenvalue weighted by atomic mass is 32.2. The number of aromatic nitrogens is 1. The molecule has 0 saturated carbocycles. The van der Waals surface area contributed by atoms with Crippen LogP contribution < -0.4 is 15.8 Å². The molecule has 36 heavy (non-hydrogen) atoms. The van der Waals surface area contributed by atoms with Gasteiger partial charge in [0.25, 0.3) is 5.88 Å². The number of rotatable bonds is 8. The van der Waals surface area contributed by atoms with Crippen LogP contribution in [0.25, 0.3) is 0 Å². The summed E-state index contributed by atoms with van der Waals surface area (Å²) >= 11 is -1.35. The highest BCUT2D eigenvalue weighted by Gasteiger charge is 2.34. The fourth-order valence-electron chi connectivity index (χ4n) is 4.93. The van der Waals surface area contributed by atoms with E-state index in [1.54, 1.807) is 6.20 Å². The van der Waals surface area contributed by atoms with Crippen LogP contribution in [0.1, 0.15) is 67.3 Å². The first-order chi connectivity index (χ1) is 17.4. The van der Waals surface area contributed by atoms with Gasteiger partial charge in [-0.05, 0) is 73.6 Å². The van der Waals surface area contributed by atoms with Crippen molar-refractivity contribution in [3.8, 4) is 5.88 Å². The van der Waals surface area contributed by atoms with Crippen LogP contribution in [-0.4, -0.2) is 33.0 Å². The molecule has 0 amide bonds. The third-order valence-electron chi connectivity index (χ3n) is 7.13. The molecule has 0 spiro atoms. The van der Waals surface area contributed by atoms with Crippen LogP contribution in [0.4, 0.5) is 11.4 Å². The van der Waals surface area contributed by atoms with Crippen LogP contribution >= 0.6 is 0 Å². The van der Waals surface area contributed by atoms with E-state index < -0.39 is 11.4 Å². The third kappa shape index (κ3) is 5.33. The van der Waals surface area contributed by atoms with E-state index in [1.807, 2.05) is 16.4 Å². The molecule has 4 rings (SSSR count). The Kier molecular flexibility index (Phi) is 8.44. The van der Waals surface area contributed by atoms with E-state index in [9.17, 15) is 4.55 Å². The van der Waals surface area contributed by atoms with Gasteiger partial charge in [0.05, 0.1) is 35.8 Å². The van der Waals surface area contributed by atoms with E-state index in [0.717, 1.165) is 36.3 Å². The molecule has 2 unspecified atom stereocenters. The average Bonchev–Trinajstić information content (AvgIpc) is 3.02. The monoisotopic (exact) mass is 506 g/mol. The summed E-state index contributed by atoms with van der Waals surface area (Å²) in [4.78, 5) is 4.98. The molecule has 6 nitrogen and oxygen atoms in total. The lowest BCUT2D eigenvalue weighted by molar-refractivity contribution is 0.162. The fourth-order valence-corrected chi connectivity index (χ4v) is 6.21. The summed E-state index contributed by atoms with van der Waals surface area (Å²) in [6.07, 6.45) is 3.42. The summed E-state index contributed by atoms with van der Waals surface area (Å²) in [6.45, 7) is 12.6. The van der Waals surface area contributed by atoms with Crippen molar-refractivity contribution in [3.63, 3.8) is 0 Å². The van der Waals surface area contributed by atoms with Crippen LogP contribution in [0.2, 0.25) is 0 Å². The van der Waals surface area contributed by atoms with Crippen molar-refractivity contribution >= 4 is 22.7 Å². The Labute approximate surface area is 218 Å². The minimum atomic E-state index is -1.35. The molecule has 7 heteroatoms. The molecule has 0 saturated heterocycles. The quantitative estimate of drug-likeness (QED) is 0.290. The van der Waals surface area contributed by atoms with Crippen LogP contribution in [0.15, 0.2) is 53.6 Å². The summed E-state index contributed by atoms with van der Waals surface area (Å²) in [5.74, 6) is 0.712. The average molecular weight is 507 g/mol. The van der Waals surface area contributed by atoms with Gasteiger partial charge in [-0.25, -0.2) is 4.98 Å². The number of anilines is 2. The summed E-state index contributed by atoms with van der Waals surface area (Å²) in [5.41, 5.74) is 14.3. The second-order valence-corrected chi connectivity index (χ2v) is 10.9. The van der Waals surface area contributed by atoms with Gasteiger partial charge in [0.15, 0.2) is 0 Å². The number of nitrogen functional groups attached to an aromatic ring is 1. The number of hydrogen-bond donors (Lipinski definition) is 2. The van der Waals surface area contributed by atoms with Gasteiger partial charge in [-0.3, -0.25) is 0 Å². The Morgan fingerprint density at radius 3 is 2.72 bits per heavy atom. The number of aryl methyl sites for hydroxylation is 1. The molecule has 3 atom stereocenters. The number of pyridine rings is 1. The number of nitrogens with two attached hydrogens (primary N) is 1. The van der Waals surface area contributed by atoms with Gasteiger partial charge in [-0.1, -0.05) is 38.1 Å². The molecular formula is C29H38N4O2S. The first-order valence-corrected chi connectivity index (χ1v) is 14.0. The Balaban J connectivity index is 1.66. The molecule has 0 bridgehead atoms. The zero-order chi connectivity index (χ0) is 25.8. The molecule has 1 aliphatic heterocycles. The lowest BCUT2D eigenvalue weighted by atomic mass is 9.84. The summed E-state index contributed by atoms with van der Waals surface area (Å²) in [7, 11) is 0. The van der Waals surface area contributed by atoms with Crippen molar-refractivity contribution in [2.75, 3.05) is 24.1 Å². The Morgan fingerprint density at radius 2 is 2.00 bits per heavy atom. The zero-order valence-electron chi connectivity index (χ0n) is 22.0. The highest BCUT2D eigenvalue weighted by molar-refractivity contribution is 7.89. The third-order valence-corrected chi connectivity index (χ3v) is 8.56. The van der Waals surface area contributed by atoms with Crippen LogP contribution in [-0.2, 0) is 17.9 Å². The van der Waals surface area contributed by atoms with Gasteiger partial charge in [0.1, 0.15) is 6.10 Å². The number of benzene rings is 2. The van der Waals surface area contributed by atoms with Gasteiger partial charge in [-0.15, -0.1) is 4.31 Å². The van der Waals surface area contributed by atoms with Crippen molar-refractivity contribution in [3.05, 3.63) is 76.5 Å². The molecular weight excluding hydrogens is 468 g/mol. The normalized spacial score (nSPS) is 18.7. The maximum absolute atomic E-state index is 13.6. The molecule has 1 aromatic heterocycles. The lowest BCUT2D eigenvalue weighted by Crippen LogP contribution is -2.36. The predicted octanol–water partition coefficient (Wildman–Crippen LogP) is 5.95. The number of fused-ring (bicyclic) bond motifs is 1. The first-order valence-electron chi connectivity index (χ1n) is 12.9. The zero-order valence-corrected chi connectivity index (χ0v) is 22.8. The van der Waals surface area contributed by atoms with Gasteiger partial charge in [0, 0.05) is 24.7 Å². The SMILES string of the molecule is CCNc1ccc(C(CC)c2ccc(C)c(CN3C[C@@H](CC)Oc4ncccc4[S+]3[O-])c2)c(C)c1N. The van der Waals surface area contributed by atoms with Gasteiger partial charge < -0.3 is 20.3 Å². The van der Waals surface area contributed by atoms with Gasteiger partial charge >= 0.3 is 0 Å². The van der Waals surface area contributed by atoms with Crippen LogP contribution in [0.5, 0.6) is 5.88 Å². The van der Waals surface area contributed by atoms with Gasteiger partial charge in [-0.2, -0.15) is 0 Å². The molecule has 0 radical (unpaired) electrons. The Hall–Kier alpha value is -2.74. The summed E-state index contributed by atoms with van der Waals surface area (Å²) in [5, 5.41) is 3.35. The second-order valence-electron chi connectivity index (χ2n) is 9.44.